The van der Waals surface area contributed by atoms with E-state index in [0.29, 0.717) is 6.42 Å². The Bertz CT molecular complexity index is 336. The van der Waals surface area contributed by atoms with Gasteiger partial charge in [0.25, 0.3) is 0 Å². The third kappa shape index (κ3) is 2.73. The lowest BCUT2D eigenvalue weighted by molar-refractivity contribution is 0.281. The molecule has 0 aliphatic carbocycles. The summed E-state index contributed by atoms with van der Waals surface area (Å²) in [5, 5.41) is 17.3. The first-order valence-corrected chi connectivity index (χ1v) is 4.10. The molecule has 66 valence electrons. The van der Waals surface area contributed by atoms with Gasteiger partial charge in [0, 0.05) is 0 Å². The monoisotopic (exact) mass is 173 g/mol. The molecule has 2 nitrogen and oxygen atoms in total. The van der Waals surface area contributed by atoms with Crippen LogP contribution in [0.1, 0.15) is 17.5 Å². The molecule has 0 unspecified atom stereocenters. The third-order valence-corrected chi connectivity index (χ3v) is 1.73. The van der Waals surface area contributed by atoms with E-state index in [1.54, 1.807) is 6.08 Å². The number of benzene rings is 1. The van der Waals surface area contributed by atoms with E-state index in [9.17, 15) is 0 Å². The van der Waals surface area contributed by atoms with Crippen LogP contribution in [-0.2, 0) is 6.61 Å². The lowest BCUT2D eigenvalue weighted by Crippen LogP contribution is -1.86. The lowest BCUT2D eigenvalue weighted by atomic mass is 10.1. The molecule has 0 saturated heterocycles. The Hall–Kier alpha value is -1.59. The van der Waals surface area contributed by atoms with Gasteiger partial charge >= 0.3 is 0 Å². The number of nitriles is 1. The Kier molecular flexibility index (Phi) is 3.74. The van der Waals surface area contributed by atoms with Gasteiger partial charge in [-0.3, -0.25) is 0 Å². The summed E-state index contributed by atoms with van der Waals surface area (Å²) in [4.78, 5) is 0. The molecule has 0 radical (unpaired) electrons. The van der Waals surface area contributed by atoms with Gasteiger partial charge in [0.2, 0.25) is 0 Å². The largest absolute Gasteiger partial charge is 0.392 e. The molecule has 13 heavy (non-hydrogen) atoms. The summed E-state index contributed by atoms with van der Waals surface area (Å²) < 4.78 is 0. The van der Waals surface area contributed by atoms with Crippen molar-refractivity contribution in [2.45, 2.75) is 13.0 Å². The number of rotatable bonds is 3. The normalized spacial score (nSPS) is 10.2. The second-order valence-electron chi connectivity index (χ2n) is 2.62. The number of hydrogen-bond acceptors (Lipinski definition) is 2. The highest BCUT2D eigenvalue weighted by molar-refractivity contribution is 5.53. The fourth-order valence-corrected chi connectivity index (χ4v) is 1.08. The van der Waals surface area contributed by atoms with Crippen molar-refractivity contribution >= 4 is 6.08 Å². The minimum atomic E-state index is 0.0348. The molecule has 0 fully saturated rings. The van der Waals surface area contributed by atoms with E-state index in [1.165, 1.54) is 0 Å². The van der Waals surface area contributed by atoms with Crippen LogP contribution in [0.15, 0.2) is 30.3 Å². The lowest BCUT2D eigenvalue weighted by Gasteiger charge is -2.00. The van der Waals surface area contributed by atoms with Crippen LogP contribution < -0.4 is 0 Å². The van der Waals surface area contributed by atoms with Crippen LogP contribution in [0.2, 0.25) is 0 Å². The maximum Gasteiger partial charge on any atom is 0.0687 e. The zero-order chi connectivity index (χ0) is 9.52. The zero-order valence-electron chi connectivity index (χ0n) is 7.27. The minimum Gasteiger partial charge on any atom is -0.392 e. The van der Waals surface area contributed by atoms with Crippen molar-refractivity contribution in [3.05, 3.63) is 41.5 Å². The van der Waals surface area contributed by atoms with Crippen LogP contribution in [0.5, 0.6) is 0 Å². The smallest absolute Gasteiger partial charge is 0.0687 e. The molecule has 1 aromatic rings. The molecule has 0 aliphatic rings. The molecule has 0 saturated carbocycles. The molecular weight excluding hydrogens is 162 g/mol. The van der Waals surface area contributed by atoms with E-state index in [0.717, 1.165) is 11.1 Å². The summed E-state index contributed by atoms with van der Waals surface area (Å²) in [6.45, 7) is 0.0348. The maximum absolute atomic E-state index is 8.98. The van der Waals surface area contributed by atoms with Crippen molar-refractivity contribution in [2.24, 2.45) is 0 Å². The van der Waals surface area contributed by atoms with Crippen LogP contribution >= 0.6 is 0 Å². The molecule has 0 bridgehead atoms. The van der Waals surface area contributed by atoms with Crippen molar-refractivity contribution in [2.75, 3.05) is 0 Å². The second-order valence-corrected chi connectivity index (χ2v) is 2.62. The van der Waals surface area contributed by atoms with Crippen LogP contribution in [0, 0.1) is 11.3 Å². The van der Waals surface area contributed by atoms with Gasteiger partial charge < -0.3 is 5.11 Å². The quantitative estimate of drug-likeness (QED) is 0.760. The van der Waals surface area contributed by atoms with Gasteiger partial charge in [-0.25, -0.2) is 0 Å². The highest BCUT2D eigenvalue weighted by Crippen LogP contribution is 2.10. The number of aliphatic hydroxyl groups is 1. The van der Waals surface area contributed by atoms with Crippen molar-refractivity contribution in [3.8, 4) is 6.07 Å². The average Bonchev–Trinajstić information content (AvgIpc) is 2.19. The third-order valence-electron chi connectivity index (χ3n) is 1.73. The van der Waals surface area contributed by atoms with E-state index in [4.69, 9.17) is 10.4 Å². The molecule has 1 aromatic carbocycles. The topological polar surface area (TPSA) is 44.0 Å². The predicted octanol–water partition coefficient (Wildman–Crippen LogP) is 2.11. The van der Waals surface area contributed by atoms with Crippen LogP contribution in [0.3, 0.4) is 0 Å². The SMILES string of the molecule is N#CCC=Cc1ccccc1CO. The first kappa shape index (κ1) is 9.50. The van der Waals surface area contributed by atoms with Gasteiger partial charge in [-0.05, 0) is 11.1 Å². The van der Waals surface area contributed by atoms with E-state index in [-0.39, 0.29) is 6.61 Å². The molecule has 0 spiro atoms. The average molecular weight is 173 g/mol. The van der Waals surface area contributed by atoms with E-state index in [2.05, 4.69) is 0 Å². The second kappa shape index (κ2) is 5.13. The summed E-state index contributed by atoms with van der Waals surface area (Å²) in [5.74, 6) is 0. The van der Waals surface area contributed by atoms with Crippen LogP contribution in [-0.4, -0.2) is 5.11 Å². The Balaban J connectivity index is 2.82. The Morgan fingerprint density at radius 3 is 2.85 bits per heavy atom. The highest BCUT2D eigenvalue weighted by atomic mass is 16.3. The van der Waals surface area contributed by atoms with Crippen LogP contribution in [0.4, 0.5) is 0 Å². The first-order valence-electron chi connectivity index (χ1n) is 4.10. The van der Waals surface area contributed by atoms with Crippen molar-refractivity contribution < 1.29 is 5.11 Å². The van der Waals surface area contributed by atoms with Gasteiger partial charge in [0.1, 0.15) is 0 Å². The van der Waals surface area contributed by atoms with E-state index >= 15 is 0 Å². The summed E-state index contributed by atoms with van der Waals surface area (Å²) in [6, 6.07) is 9.60. The number of allylic oxidation sites excluding steroid dienone is 1. The van der Waals surface area contributed by atoms with Gasteiger partial charge in [0.15, 0.2) is 0 Å². The fourth-order valence-electron chi connectivity index (χ4n) is 1.08. The number of nitrogens with zero attached hydrogens (tertiary/aromatic N) is 1. The van der Waals surface area contributed by atoms with E-state index in [1.807, 2.05) is 36.4 Å². The molecule has 2 heteroatoms. The van der Waals surface area contributed by atoms with Gasteiger partial charge in [-0.2, -0.15) is 5.26 Å². The van der Waals surface area contributed by atoms with Crippen molar-refractivity contribution in [3.63, 3.8) is 0 Å². The molecule has 1 rings (SSSR count). The molecule has 0 heterocycles. The zero-order valence-corrected chi connectivity index (χ0v) is 7.27. The standard InChI is InChI=1S/C11H11NO/c12-8-4-3-6-10-5-1-2-7-11(10)9-13/h1-3,5-7,13H,4,9H2. The van der Waals surface area contributed by atoms with Gasteiger partial charge in [0.05, 0.1) is 19.1 Å². The molecule has 1 N–H and O–H groups in total. The Labute approximate surface area is 77.8 Å². The summed E-state index contributed by atoms with van der Waals surface area (Å²) >= 11 is 0. The molecular formula is C11H11NO. The summed E-state index contributed by atoms with van der Waals surface area (Å²) in [5.41, 5.74) is 1.86. The Morgan fingerprint density at radius 1 is 1.38 bits per heavy atom. The van der Waals surface area contributed by atoms with Gasteiger partial charge in [-0.1, -0.05) is 36.4 Å². The Morgan fingerprint density at radius 2 is 2.15 bits per heavy atom. The molecule has 0 amide bonds. The molecule has 0 aromatic heterocycles. The summed E-state index contributed by atoms with van der Waals surface area (Å²) in [6.07, 6.45) is 4.04. The number of aliphatic hydroxyl groups excluding tert-OH is 1. The summed E-state index contributed by atoms with van der Waals surface area (Å²) in [7, 11) is 0. The minimum absolute atomic E-state index is 0.0348. The predicted molar refractivity (Wildman–Crippen MR) is 51.6 cm³/mol. The molecule has 0 atom stereocenters. The van der Waals surface area contributed by atoms with Crippen molar-refractivity contribution in [1.29, 1.82) is 5.26 Å². The van der Waals surface area contributed by atoms with Gasteiger partial charge in [-0.15, -0.1) is 0 Å². The maximum atomic E-state index is 8.98. The number of hydrogen-bond donors (Lipinski definition) is 1. The highest BCUT2D eigenvalue weighted by Gasteiger charge is 1.94. The van der Waals surface area contributed by atoms with Crippen LogP contribution in [0.25, 0.3) is 6.08 Å². The first-order chi connectivity index (χ1) is 6.38. The van der Waals surface area contributed by atoms with E-state index < -0.39 is 0 Å². The fraction of sp³-hybridized carbons (Fsp3) is 0.182. The van der Waals surface area contributed by atoms with Crippen molar-refractivity contribution in [1.82, 2.24) is 0 Å². The molecule has 0 aliphatic heterocycles.